The van der Waals surface area contributed by atoms with E-state index >= 15 is 0 Å². The minimum atomic E-state index is -0.574. The highest BCUT2D eigenvalue weighted by molar-refractivity contribution is 9.10. The zero-order chi connectivity index (χ0) is 17.4. The predicted octanol–water partition coefficient (Wildman–Crippen LogP) is 2.72. The van der Waals surface area contributed by atoms with Gasteiger partial charge in [0.1, 0.15) is 0 Å². The number of nitrogens with one attached hydrogen (secondary N) is 2. The molecule has 0 radical (unpaired) electrons. The maximum Gasteiger partial charge on any atom is 0.306 e. The number of rotatable bonds is 6. The van der Waals surface area contributed by atoms with Crippen LogP contribution in [0.1, 0.15) is 48.9 Å². The van der Waals surface area contributed by atoms with Crippen molar-refractivity contribution in [3.8, 4) is 0 Å². The van der Waals surface area contributed by atoms with E-state index in [0.29, 0.717) is 17.9 Å². The number of hydrogen-bond donors (Lipinski definition) is 2. The zero-order valence-electron chi connectivity index (χ0n) is 13.3. The highest BCUT2D eigenvalue weighted by atomic mass is 79.9. The van der Waals surface area contributed by atoms with Crippen LogP contribution in [0.2, 0.25) is 0 Å². The molecular weight excluding hydrogens is 376 g/mol. The molecule has 0 heterocycles. The number of benzene rings is 1. The number of carbonyl (C=O) groups excluding carboxylic acids is 3. The van der Waals surface area contributed by atoms with E-state index in [1.54, 1.807) is 24.3 Å². The maximum absolute atomic E-state index is 11.8. The van der Waals surface area contributed by atoms with E-state index in [9.17, 15) is 14.4 Å². The molecule has 1 saturated carbocycles. The first kappa shape index (κ1) is 18.4. The quantitative estimate of drug-likeness (QED) is 0.571. The lowest BCUT2D eigenvalue weighted by Gasteiger charge is -2.10. The first-order valence-corrected chi connectivity index (χ1v) is 8.84. The Balaban J connectivity index is 1.61. The molecule has 2 rings (SSSR count). The van der Waals surface area contributed by atoms with Crippen molar-refractivity contribution in [1.82, 2.24) is 10.9 Å². The van der Waals surface area contributed by atoms with Crippen LogP contribution in [0.15, 0.2) is 28.7 Å². The molecule has 0 aromatic heterocycles. The lowest BCUT2D eigenvalue weighted by Crippen LogP contribution is -2.43. The summed E-state index contributed by atoms with van der Waals surface area (Å²) >= 11 is 3.27. The molecule has 2 N–H and O–H groups in total. The number of hydrazine groups is 1. The second kappa shape index (κ2) is 9.42. The van der Waals surface area contributed by atoms with E-state index in [0.717, 1.165) is 10.9 Å². The second-order valence-electron chi connectivity index (χ2n) is 5.86. The van der Waals surface area contributed by atoms with Crippen molar-refractivity contribution in [1.29, 1.82) is 0 Å². The molecule has 0 bridgehead atoms. The fourth-order valence-electron chi connectivity index (χ4n) is 2.68. The van der Waals surface area contributed by atoms with Crippen LogP contribution in [0.3, 0.4) is 0 Å². The van der Waals surface area contributed by atoms with Gasteiger partial charge in [-0.2, -0.15) is 0 Å². The molecule has 0 unspecified atom stereocenters. The SMILES string of the molecule is O=C(COC(=O)CCC1CCCC1)NNC(=O)c1ccc(Br)cc1. The summed E-state index contributed by atoms with van der Waals surface area (Å²) in [6.45, 7) is -0.399. The van der Waals surface area contributed by atoms with Gasteiger partial charge in [-0.05, 0) is 36.6 Å². The van der Waals surface area contributed by atoms with Crippen LogP contribution < -0.4 is 10.9 Å². The Bertz CT molecular complexity index is 583. The van der Waals surface area contributed by atoms with Crippen LogP contribution in [0.25, 0.3) is 0 Å². The monoisotopic (exact) mass is 396 g/mol. The molecule has 1 aromatic carbocycles. The van der Waals surface area contributed by atoms with Gasteiger partial charge in [-0.1, -0.05) is 41.6 Å². The van der Waals surface area contributed by atoms with Gasteiger partial charge in [0.05, 0.1) is 0 Å². The molecule has 0 saturated heterocycles. The number of hydrogen-bond acceptors (Lipinski definition) is 4. The van der Waals surface area contributed by atoms with Gasteiger partial charge in [-0.3, -0.25) is 25.2 Å². The number of esters is 1. The van der Waals surface area contributed by atoms with Crippen LogP contribution in [0.5, 0.6) is 0 Å². The summed E-state index contributed by atoms with van der Waals surface area (Å²) in [5.74, 6) is -0.786. The van der Waals surface area contributed by atoms with Gasteiger partial charge in [0.2, 0.25) is 0 Å². The lowest BCUT2D eigenvalue weighted by molar-refractivity contribution is -0.149. The Labute approximate surface area is 149 Å². The van der Waals surface area contributed by atoms with Crippen molar-refractivity contribution >= 4 is 33.7 Å². The molecule has 130 valence electrons. The summed E-state index contributed by atoms with van der Waals surface area (Å²) in [6, 6.07) is 6.69. The third-order valence-corrected chi connectivity index (χ3v) is 4.55. The molecule has 24 heavy (non-hydrogen) atoms. The van der Waals surface area contributed by atoms with Gasteiger partial charge in [0.15, 0.2) is 6.61 Å². The van der Waals surface area contributed by atoms with Crippen molar-refractivity contribution in [3.63, 3.8) is 0 Å². The predicted molar refractivity (Wildman–Crippen MR) is 91.9 cm³/mol. The molecule has 7 heteroatoms. The summed E-state index contributed by atoms with van der Waals surface area (Å²) in [5, 5.41) is 0. The van der Waals surface area contributed by atoms with Crippen LogP contribution >= 0.6 is 15.9 Å². The average Bonchev–Trinajstić information content (AvgIpc) is 3.10. The van der Waals surface area contributed by atoms with E-state index in [4.69, 9.17) is 4.74 Å². The van der Waals surface area contributed by atoms with Crippen molar-refractivity contribution < 1.29 is 19.1 Å². The smallest absolute Gasteiger partial charge is 0.306 e. The first-order valence-electron chi connectivity index (χ1n) is 8.05. The topological polar surface area (TPSA) is 84.5 Å². The van der Waals surface area contributed by atoms with Gasteiger partial charge < -0.3 is 4.74 Å². The summed E-state index contributed by atoms with van der Waals surface area (Å²) in [4.78, 5) is 35.0. The molecule has 0 spiro atoms. The Morgan fingerprint density at radius 1 is 1.08 bits per heavy atom. The third-order valence-electron chi connectivity index (χ3n) is 4.02. The molecular formula is C17H21BrN2O4. The molecule has 1 aromatic rings. The Kier molecular flexibility index (Phi) is 7.24. The number of halogens is 1. The largest absolute Gasteiger partial charge is 0.455 e. The summed E-state index contributed by atoms with van der Waals surface area (Å²) < 4.78 is 5.76. The van der Waals surface area contributed by atoms with Crippen molar-refractivity contribution in [2.24, 2.45) is 5.92 Å². The summed E-state index contributed by atoms with van der Waals surface area (Å²) in [7, 11) is 0. The number of ether oxygens (including phenoxy) is 1. The molecule has 0 atom stereocenters. The molecule has 2 amide bonds. The zero-order valence-corrected chi connectivity index (χ0v) is 14.9. The lowest BCUT2D eigenvalue weighted by atomic mass is 10.0. The summed E-state index contributed by atoms with van der Waals surface area (Å²) in [6.07, 6.45) is 5.98. The van der Waals surface area contributed by atoms with Gasteiger partial charge in [0.25, 0.3) is 11.8 Å². The number of amides is 2. The Morgan fingerprint density at radius 2 is 1.75 bits per heavy atom. The van der Waals surface area contributed by atoms with Gasteiger partial charge in [0, 0.05) is 16.5 Å². The van der Waals surface area contributed by atoms with Crippen molar-refractivity contribution in [2.75, 3.05) is 6.61 Å². The molecule has 1 aliphatic rings. The minimum absolute atomic E-state index is 0.337. The van der Waals surface area contributed by atoms with Crippen LogP contribution in [-0.4, -0.2) is 24.4 Å². The standard InChI is InChI=1S/C17H21BrN2O4/c18-14-8-6-13(7-9-14)17(23)20-19-15(21)11-24-16(22)10-5-12-3-1-2-4-12/h6-9,12H,1-5,10-11H2,(H,19,21)(H,20,23). The Morgan fingerprint density at radius 3 is 2.42 bits per heavy atom. The number of carbonyl (C=O) groups is 3. The molecule has 6 nitrogen and oxygen atoms in total. The van der Waals surface area contributed by atoms with E-state index in [1.165, 1.54) is 25.7 Å². The highest BCUT2D eigenvalue weighted by Gasteiger charge is 2.17. The van der Waals surface area contributed by atoms with Crippen LogP contribution in [-0.2, 0) is 14.3 Å². The first-order chi connectivity index (χ1) is 11.5. The third kappa shape index (κ3) is 6.31. The van der Waals surface area contributed by atoms with Crippen molar-refractivity contribution in [3.05, 3.63) is 34.3 Å². The van der Waals surface area contributed by atoms with E-state index < -0.39 is 18.4 Å². The summed E-state index contributed by atoms with van der Waals surface area (Å²) in [5.41, 5.74) is 4.90. The minimum Gasteiger partial charge on any atom is -0.455 e. The van der Waals surface area contributed by atoms with E-state index in [2.05, 4.69) is 26.8 Å². The fourth-order valence-corrected chi connectivity index (χ4v) is 2.94. The second-order valence-corrected chi connectivity index (χ2v) is 6.77. The van der Waals surface area contributed by atoms with Crippen LogP contribution in [0, 0.1) is 5.92 Å². The maximum atomic E-state index is 11.8. The Hall–Kier alpha value is -1.89. The average molecular weight is 397 g/mol. The van der Waals surface area contributed by atoms with E-state index in [-0.39, 0.29) is 5.97 Å². The van der Waals surface area contributed by atoms with Gasteiger partial charge >= 0.3 is 5.97 Å². The van der Waals surface area contributed by atoms with Gasteiger partial charge in [-0.15, -0.1) is 0 Å². The van der Waals surface area contributed by atoms with E-state index in [1.807, 2.05) is 0 Å². The fraction of sp³-hybridized carbons (Fsp3) is 0.471. The normalized spacial score (nSPS) is 14.2. The van der Waals surface area contributed by atoms with Crippen molar-refractivity contribution in [2.45, 2.75) is 38.5 Å². The highest BCUT2D eigenvalue weighted by Crippen LogP contribution is 2.28. The van der Waals surface area contributed by atoms with Crippen LogP contribution in [0.4, 0.5) is 0 Å². The molecule has 1 aliphatic carbocycles. The van der Waals surface area contributed by atoms with Gasteiger partial charge in [-0.25, -0.2) is 0 Å². The molecule has 0 aliphatic heterocycles. The molecule has 1 fully saturated rings.